The molecule has 110 valence electrons. The zero-order valence-electron chi connectivity index (χ0n) is 10.8. The summed E-state index contributed by atoms with van der Waals surface area (Å²) in [5.74, 6) is 0.200. The second-order valence-electron chi connectivity index (χ2n) is 3.84. The van der Waals surface area contributed by atoms with Crippen molar-refractivity contribution < 1.29 is 9.66 Å². The van der Waals surface area contributed by atoms with Crippen molar-refractivity contribution in [1.82, 2.24) is 9.97 Å². The molecule has 1 aromatic carbocycles. The molecule has 0 atom stereocenters. The first kappa shape index (κ1) is 15.3. The van der Waals surface area contributed by atoms with Crippen LogP contribution in [0.4, 0.5) is 11.5 Å². The normalized spacial score (nSPS) is 10.2. The van der Waals surface area contributed by atoms with E-state index in [9.17, 15) is 10.1 Å². The number of nitrogens with zero attached hydrogens (tertiary/aromatic N) is 3. The van der Waals surface area contributed by atoms with E-state index in [1.165, 1.54) is 24.5 Å². The lowest BCUT2D eigenvalue weighted by Gasteiger charge is -2.08. The summed E-state index contributed by atoms with van der Waals surface area (Å²) < 4.78 is 5.42. The van der Waals surface area contributed by atoms with Crippen LogP contribution in [0, 0.1) is 10.1 Å². The first-order valence-electron chi connectivity index (χ1n) is 5.89. The topological polar surface area (TPSA) is 90.2 Å². The zero-order chi connectivity index (χ0) is 15.4. The second-order valence-corrected chi connectivity index (χ2v) is 4.66. The lowest BCUT2D eigenvalue weighted by molar-refractivity contribution is -0.385. The number of anilines is 1. The number of rotatable bonds is 5. The van der Waals surface area contributed by atoms with E-state index in [4.69, 9.17) is 27.9 Å². The smallest absolute Gasteiger partial charge is 0.373 e. The minimum atomic E-state index is -0.606. The monoisotopic (exact) mass is 328 g/mol. The Balaban J connectivity index is 2.41. The van der Waals surface area contributed by atoms with E-state index in [1.807, 2.05) is 0 Å². The first-order valence-corrected chi connectivity index (χ1v) is 6.64. The lowest BCUT2D eigenvalue weighted by atomic mass is 10.3. The van der Waals surface area contributed by atoms with Gasteiger partial charge in [-0.05, 0) is 19.1 Å². The Labute approximate surface area is 130 Å². The van der Waals surface area contributed by atoms with Crippen molar-refractivity contribution >= 4 is 34.7 Å². The Morgan fingerprint density at radius 2 is 2.10 bits per heavy atom. The third-order valence-electron chi connectivity index (χ3n) is 2.42. The van der Waals surface area contributed by atoms with Crippen LogP contribution in [-0.2, 0) is 0 Å². The molecule has 0 spiro atoms. The molecule has 9 heteroatoms. The van der Waals surface area contributed by atoms with Gasteiger partial charge < -0.3 is 10.1 Å². The van der Waals surface area contributed by atoms with Gasteiger partial charge in [-0.2, -0.15) is 4.98 Å². The number of nitrogens with one attached hydrogen (secondary N) is 1. The summed E-state index contributed by atoms with van der Waals surface area (Å²) in [6.45, 7) is 2.27. The second kappa shape index (κ2) is 6.55. The summed E-state index contributed by atoms with van der Waals surface area (Å²) in [7, 11) is 0. The van der Waals surface area contributed by atoms with Crippen LogP contribution >= 0.6 is 23.2 Å². The Hall–Kier alpha value is -2.12. The molecular weight excluding hydrogens is 319 g/mol. The molecule has 0 amide bonds. The van der Waals surface area contributed by atoms with Crippen LogP contribution in [0.15, 0.2) is 24.5 Å². The first-order chi connectivity index (χ1) is 10.0. The Bertz CT molecular complexity index is 682. The average Bonchev–Trinajstić information content (AvgIpc) is 2.43. The van der Waals surface area contributed by atoms with Crippen LogP contribution in [-0.4, -0.2) is 21.4 Å². The van der Waals surface area contributed by atoms with E-state index in [-0.39, 0.29) is 28.2 Å². The summed E-state index contributed by atoms with van der Waals surface area (Å²) in [5, 5.41) is 14.6. The molecule has 1 N–H and O–H groups in total. The Kier molecular flexibility index (Phi) is 4.77. The highest BCUT2D eigenvalue weighted by molar-refractivity contribution is 6.42. The molecule has 21 heavy (non-hydrogen) atoms. The number of nitro groups is 1. The maximum Gasteiger partial charge on any atom is 0.373 e. The van der Waals surface area contributed by atoms with Gasteiger partial charge in [0.15, 0.2) is 0 Å². The number of hydrogen-bond acceptors (Lipinski definition) is 6. The summed E-state index contributed by atoms with van der Waals surface area (Å²) in [5.41, 5.74) is -0.342. The molecule has 2 rings (SSSR count). The van der Waals surface area contributed by atoms with Crippen molar-refractivity contribution in [2.24, 2.45) is 0 Å². The molecule has 0 fully saturated rings. The fraction of sp³-hybridized carbons (Fsp3) is 0.167. The fourth-order valence-corrected chi connectivity index (χ4v) is 1.84. The van der Waals surface area contributed by atoms with Gasteiger partial charge in [0.05, 0.1) is 15.0 Å². The van der Waals surface area contributed by atoms with Gasteiger partial charge in [0.2, 0.25) is 5.82 Å². The highest BCUT2D eigenvalue weighted by Gasteiger charge is 2.24. The van der Waals surface area contributed by atoms with Gasteiger partial charge in [0.1, 0.15) is 12.1 Å². The van der Waals surface area contributed by atoms with Gasteiger partial charge in [0.25, 0.3) is 0 Å². The SMILES string of the molecule is CCNc1ncnc(Oc2ccc(Cl)c(Cl)c2)c1[N+](=O)[O-]. The van der Waals surface area contributed by atoms with Crippen molar-refractivity contribution in [1.29, 1.82) is 0 Å². The van der Waals surface area contributed by atoms with Gasteiger partial charge in [-0.25, -0.2) is 4.98 Å². The Morgan fingerprint density at radius 1 is 1.33 bits per heavy atom. The molecule has 0 aliphatic carbocycles. The largest absolute Gasteiger partial charge is 0.433 e. The van der Waals surface area contributed by atoms with E-state index in [0.717, 1.165) is 0 Å². The lowest BCUT2D eigenvalue weighted by Crippen LogP contribution is -2.06. The molecule has 0 radical (unpaired) electrons. The molecular formula is C12H10Cl2N4O3. The quantitative estimate of drug-likeness (QED) is 0.660. The van der Waals surface area contributed by atoms with Crippen molar-refractivity contribution in [3.05, 3.63) is 44.7 Å². The summed E-state index contributed by atoms with van der Waals surface area (Å²) in [6, 6.07) is 4.51. The molecule has 0 saturated carbocycles. The molecule has 1 heterocycles. The van der Waals surface area contributed by atoms with Crippen LogP contribution in [0.25, 0.3) is 0 Å². The van der Waals surface area contributed by atoms with Crippen molar-refractivity contribution in [2.75, 3.05) is 11.9 Å². The van der Waals surface area contributed by atoms with E-state index in [1.54, 1.807) is 6.92 Å². The number of benzene rings is 1. The van der Waals surface area contributed by atoms with E-state index in [2.05, 4.69) is 15.3 Å². The molecule has 7 nitrogen and oxygen atoms in total. The number of hydrogen-bond donors (Lipinski definition) is 1. The van der Waals surface area contributed by atoms with E-state index >= 15 is 0 Å². The highest BCUT2D eigenvalue weighted by atomic mass is 35.5. The Morgan fingerprint density at radius 3 is 2.71 bits per heavy atom. The summed E-state index contributed by atoms with van der Waals surface area (Å²) >= 11 is 11.7. The van der Waals surface area contributed by atoms with Crippen LogP contribution in [0.2, 0.25) is 10.0 Å². The molecule has 0 unspecified atom stereocenters. The highest BCUT2D eigenvalue weighted by Crippen LogP contribution is 2.35. The van der Waals surface area contributed by atoms with Crippen LogP contribution in [0.5, 0.6) is 11.6 Å². The van der Waals surface area contributed by atoms with Gasteiger partial charge >= 0.3 is 11.6 Å². The predicted octanol–water partition coefficient (Wildman–Crippen LogP) is 3.92. The molecule has 0 aliphatic heterocycles. The van der Waals surface area contributed by atoms with Gasteiger partial charge in [-0.1, -0.05) is 23.2 Å². The number of aromatic nitrogens is 2. The molecule has 0 saturated heterocycles. The maximum atomic E-state index is 11.2. The minimum Gasteiger partial charge on any atom is -0.433 e. The number of halogens is 2. The molecule has 0 bridgehead atoms. The van der Waals surface area contributed by atoms with Crippen LogP contribution < -0.4 is 10.1 Å². The third-order valence-corrected chi connectivity index (χ3v) is 3.16. The van der Waals surface area contributed by atoms with Gasteiger partial charge in [0, 0.05) is 12.6 Å². The third kappa shape index (κ3) is 3.50. The maximum absolute atomic E-state index is 11.2. The van der Waals surface area contributed by atoms with E-state index < -0.39 is 4.92 Å². The predicted molar refractivity (Wildman–Crippen MR) is 79.4 cm³/mol. The average molecular weight is 329 g/mol. The molecule has 0 aliphatic rings. The standard InChI is InChI=1S/C12H10Cl2N4O3/c1-2-15-11-10(18(19)20)12(17-6-16-11)21-7-3-4-8(13)9(14)5-7/h3-6H,2H2,1H3,(H,15,16,17). The van der Waals surface area contributed by atoms with Crippen molar-refractivity contribution in [3.63, 3.8) is 0 Å². The summed E-state index contributed by atoms with van der Waals surface area (Å²) in [4.78, 5) is 18.2. The van der Waals surface area contributed by atoms with Gasteiger partial charge in [-0.15, -0.1) is 0 Å². The van der Waals surface area contributed by atoms with Crippen molar-refractivity contribution in [2.45, 2.75) is 6.92 Å². The van der Waals surface area contributed by atoms with Gasteiger partial charge in [-0.3, -0.25) is 10.1 Å². The van der Waals surface area contributed by atoms with Crippen LogP contribution in [0.1, 0.15) is 6.92 Å². The summed E-state index contributed by atoms with van der Waals surface area (Å²) in [6.07, 6.45) is 1.18. The fourth-order valence-electron chi connectivity index (χ4n) is 1.55. The zero-order valence-corrected chi connectivity index (χ0v) is 12.4. The van der Waals surface area contributed by atoms with Crippen LogP contribution in [0.3, 0.4) is 0 Å². The van der Waals surface area contributed by atoms with E-state index in [0.29, 0.717) is 11.6 Å². The molecule has 1 aromatic heterocycles. The molecule has 2 aromatic rings. The minimum absolute atomic E-state index is 0.0903. The van der Waals surface area contributed by atoms with Crippen molar-refractivity contribution in [3.8, 4) is 11.6 Å². The number of ether oxygens (including phenoxy) is 1.